The van der Waals surface area contributed by atoms with E-state index in [-0.39, 0.29) is 17.1 Å². The minimum Gasteiger partial charge on any atom is -0.465 e. The molecule has 9 heteroatoms. The average molecular weight is 363 g/mol. The quantitative estimate of drug-likeness (QED) is 0.814. The van der Waals surface area contributed by atoms with Crippen LogP contribution < -0.4 is 10.6 Å². The fourth-order valence-corrected chi connectivity index (χ4v) is 3.71. The summed E-state index contributed by atoms with van der Waals surface area (Å²) in [6.45, 7) is 1.82. The number of anilines is 2. The smallest absolute Gasteiger partial charge is 0.349 e. The number of hydrogen-bond donors (Lipinski definition) is 2. The summed E-state index contributed by atoms with van der Waals surface area (Å²) in [6.07, 6.45) is 1.34. The number of carbonyl (C=O) groups excluding carboxylic acids is 3. The summed E-state index contributed by atoms with van der Waals surface area (Å²) >= 11 is 2.47. The molecule has 1 atom stereocenters. The second-order valence-corrected chi connectivity index (χ2v) is 7.35. The lowest BCUT2D eigenvalue weighted by Crippen LogP contribution is -2.26. The molecule has 1 aliphatic heterocycles. The average Bonchev–Trinajstić information content (AvgIpc) is 3.03. The molecule has 0 bridgehead atoms. The van der Waals surface area contributed by atoms with Crippen molar-refractivity contribution in [3.05, 3.63) is 34.8 Å². The lowest BCUT2D eigenvalue weighted by molar-refractivity contribution is -0.115. The van der Waals surface area contributed by atoms with Crippen LogP contribution in [-0.4, -0.2) is 35.1 Å². The van der Waals surface area contributed by atoms with Crippen LogP contribution in [0.25, 0.3) is 0 Å². The summed E-state index contributed by atoms with van der Waals surface area (Å²) in [5.74, 6) is -0.968. The highest BCUT2D eigenvalue weighted by atomic mass is 32.2. The van der Waals surface area contributed by atoms with Gasteiger partial charge in [0.2, 0.25) is 5.91 Å². The number of fused-ring (bicyclic) bond motifs is 1. The first-order valence-electron chi connectivity index (χ1n) is 6.95. The zero-order valence-electron chi connectivity index (χ0n) is 12.8. The maximum atomic E-state index is 12.3. The van der Waals surface area contributed by atoms with E-state index in [0.717, 1.165) is 16.2 Å². The lowest BCUT2D eigenvalue weighted by atomic mass is 10.2. The molecule has 0 radical (unpaired) electrons. The Morgan fingerprint density at radius 2 is 2.17 bits per heavy atom. The van der Waals surface area contributed by atoms with Gasteiger partial charge in [-0.05, 0) is 25.1 Å². The van der Waals surface area contributed by atoms with Crippen molar-refractivity contribution in [3.63, 3.8) is 0 Å². The van der Waals surface area contributed by atoms with E-state index in [1.165, 1.54) is 25.1 Å². The fourth-order valence-electron chi connectivity index (χ4n) is 2.05. The molecule has 1 aromatic carbocycles. The van der Waals surface area contributed by atoms with Gasteiger partial charge in [0.15, 0.2) is 5.13 Å². The SMILES string of the molecule is COC(=O)c1cnc(NC(=O)c2ccc3c(c2)NC(=O)C(C)S3)s1. The molecular weight excluding hydrogens is 350 g/mol. The molecule has 1 aromatic heterocycles. The van der Waals surface area contributed by atoms with Crippen LogP contribution in [0.5, 0.6) is 0 Å². The zero-order valence-corrected chi connectivity index (χ0v) is 14.4. The van der Waals surface area contributed by atoms with E-state index in [1.54, 1.807) is 18.2 Å². The Balaban J connectivity index is 1.76. The number of methoxy groups -OCH3 is 1. The first-order chi connectivity index (χ1) is 11.5. The molecule has 0 saturated heterocycles. The third-order valence-corrected chi connectivity index (χ3v) is 5.36. The molecular formula is C15H13N3O4S2. The maximum absolute atomic E-state index is 12.3. The molecule has 1 aliphatic rings. The number of rotatable bonds is 3. The number of benzene rings is 1. The molecule has 3 rings (SSSR count). The highest BCUT2D eigenvalue weighted by Gasteiger charge is 2.24. The number of esters is 1. The molecule has 1 unspecified atom stereocenters. The largest absolute Gasteiger partial charge is 0.465 e. The van der Waals surface area contributed by atoms with Gasteiger partial charge < -0.3 is 10.1 Å². The third kappa shape index (κ3) is 3.26. The van der Waals surface area contributed by atoms with Crippen LogP contribution in [0.2, 0.25) is 0 Å². The van der Waals surface area contributed by atoms with Gasteiger partial charge in [-0.2, -0.15) is 0 Å². The van der Waals surface area contributed by atoms with E-state index >= 15 is 0 Å². The van der Waals surface area contributed by atoms with Crippen molar-refractivity contribution in [2.45, 2.75) is 17.1 Å². The molecule has 2 amide bonds. The summed E-state index contributed by atoms with van der Waals surface area (Å²) in [5, 5.41) is 5.54. The fraction of sp³-hybridized carbons (Fsp3) is 0.200. The monoisotopic (exact) mass is 363 g/mol. The number of ether oxygens (including phenoxy) is 1. The van der Waals surface area contributed by atoms with Gasteiger partial charge in [0.1, 0.15) is 4.88 Å². The summed E-state index contributed by atoms with van der Waals surface area (Å²) in [7, 11) is 1.28. The van der Waals surface area contributed by atoms with Crippen LogP contribution in [-0.2, 0) is 9.53 Å². The standard InChI is InChI=1S/C15H13N3O4S2/c1-7-12(19)17-9-5-8(3-4-10(9)23-7)13(20)18-15-16-6-11(24-15)14(21)22-2/h3-7H,1-2H3,(H,17,19)(H,16,18,20). The Morgan fingerprint density at radius 3 is 2.92 bits per heavy atom. The number of thioether (sulfide) groups is 1. The number of nitrogens with one attached hydrogen (secondary N) is 2. The van der Waals surface area contributed by atoms with Gasteiger partial charge in [-0.15, -0.1) is 11.8 Å². The number of thiazole rings is 1. The first kappa shape index (κ1) is 16.5. The Labute approximate surface area is 145 Å². The summed E-state index contributed by atoms with van der Waals surface area (Å²) in [5.41, 5.74) is 1.00. The van der Waals surface area contributed by atoms with E-state index in [9.17, 15) is 14.4 Å². The van der Waals surface area contributed by atoms with Gasteiger partial charge >= 0.3 is 5.97 Å². The van der Waals surface area contributed by atoms with Gasteiger partial charge in [-0.3, -0.25) is 14.9 Å². The van der Waals surface area contributed by atoms with Crippen LogP contribution in [0.4, 0.5) is 10.8 Å². The van der Waals surface area contributed by atoms with Crippen molar-refractivity contribution in [1.29, 1.82) is 0 Å². The van der Waals surface area contributed by atoms with E-state index in [4.69, 9.17) is 0 Å². The Bertz CT molecular complexity index is 834. The van der Waals surface area contributed by atoms with Gasteiger partial charge in [0.05, 0.1) is 24.2 Å². The maximum Gasteiger partial charge on any atom is 0.349 e. The Morgan fingerprint density at radius 1 is 1.38 bits per heavy atom. The zero-order chi connectivity index (χ0) is 17.3. The topological polar surface area (TPSA) is 97.4 Å². The van der Waals surface area contributed by atoms with Crippen LogP contribution in [0.1, 0.15) is 27.0 Å². The molecule has 2 heterocycles. The molecule has 0 aliphatic carbocycles. The summed E-state index contributed by atoms with van der Waals surface area (Å²) in [6, 6.07) is 5.10. The lowest BCUT2D eigenvalue weighted by Gasteiger charge is -2.21. The van der Waals surface area contributed by atoms with E-state index < -0.39 is 5.97 Å². The number of amides is 2. The van der Waals surface area contributed by atoms with Crippen molar-refractivity contribution < 1.29 is 19.1 Å². The van der Waals surface area contributed by atoms with Crippen LogP contribution in [0, 0.1) is 0 Å². The van der Waals surface area contributed by atoms with E-state index in [1.807, 2.05) is 6.92 Å². The van der Waals surface area contributed by atoms with Crippen molar-refractivity contribution in [2.75, 3.05) is 17.7 Å². The first-order valence-corrected chi connectivity index (χ1v) is 8.64. The second-order valence-electron chi connectivity index (χ2n) is 4.94. The van der Waals surface area contributed by atoms with Crippen molar-refractivity contribution in [2.24, 2.45) is 0 Å². The van der Waals surface area contributed by atoms with E-state index in [2.05, 4.69) is 20.4 Å². The van der Waals surface area contributed by atoms with Crippen molar-refractivity contribution in [3.8, 4) is 0 Å². The molecule has 0 saturated carbocycles. The summed E-state index contributed by atoms with van der Waals surface area (Å²) in [4.78, 5) is 40.6. The number of aromatic nitrogens is 1. The molecule has 7 nitrogen and oxygen atoms in total. The van der Waals surface area contributed by atoms with E-state index in [0.29, 0.717) is 21.3 Å². The van der Waals surface area contributed by atoms with Gasteiger partial charge in [0, 0.05) is 10.5 Å². The third-order valence-electron chi connectivity index (χ3n) is 3.29. The van der Waals surface area contributed by atoms with Crippen LogP contribution >= 0.6 is 23.1 Å². The molecule has 24 heavy (non-hydrogen) atoms. The van der Waals surface area contributed by atoms with Crippen LogP contribution in [0.15, 0.2) is 29.3 Å². The normalized spacial score (nSPS) is 16.1. The molecule has 2 aromatic rings. The molecule has 0 spiro atoms. The second kappa shape index (κ2) is 6.62. The van der Waals surface area contributed by atoms with Crippen molar-refractivity contribution in [1.82, 2.24) is 4.98 Å². The predicted molar refractivity (Wildman–Crippen MR) is 91.8 cm³/mol. The Hall–Kier alpha value is -2.39. The molecule has 124 valence electrons. The predicted octanol–water partition coefficient (Wildman–Crippen LogP) is 2.61. The minimum absolute atomic E-state index is 0.0901. The minimum atomic E-state index is -0.504. The molecule has 2 N–H and O–H groups in total. The van der Waals surface area contributed by atoms with Gasteiger partial charge in [0.25, 0.3) is 5.91 Å². The van der Waals surface area contributed by atoms with Crippen molar-refractivity contribution >= 4 is 51.7 Å². The Kier molecular flexibility index (Phi) is 4.54. The van der Waals surface area contributed by atoms with Gasteiger partial charge in [-0.25, -0.2) is 9.78 Å². The van der Waals surface area contributed by atoms with Gasteiger partial charge in [-0.1, -0.05) is 11.3 Å². The highest BCUT2D eigenvalue weighted by Crippen LogP contribution is 2.36. The molecule has 0 fully saturated rings. The highest BCUT2D eigenvalue weighted by molar-refractivity contribution is 8.00. The number of carbonyl (C=O) groups is 3. The number of hydrogen-bond acceptors (Lipinski definition) is 7. The number of nitrogens with zero attached hydrogens (tertiary/aromatic N) is 1. The summed E-state index contributed by atoms with van der Waals surface area (Å²) < 4.78 is 4.60. The van der Waals surface area contributed by atoms with Crippen LogP contribution in [0.3, 0.4) is 0 Å².